The second kappa shape index (κ2) is 4.99. The first-order chi connectivity index (χ1) is 11.6. The van der Waals surface area contributed by atoms with Crippen LogP contribution in [0.4, 0.5) is 11.4 Å². The number of imide groups is 1. The number of aliphatic hydroxyl groups is 1. The number of rotatable bonds is 2. The molecular weight excluding hydrogens is 308 g/mol. The molecule has 0 saturated carbocycles. The predicted molar refractivity (Wildman–Crippen MR) is 86.5 cm³/mol. The number of anilines is 1. The number of Topliss-reactive ketones (excluding diaryl/α,β-unsaturated/α-hetero) is 1. The molecule has 6 heteroatoms. The highest BCUT2D eigenvalue weighted by molar-refractivity contribution is 6.62. The standard InChI is InChI=1S/C18H10N2O4/c21-15-11-8-4-5-9-12(11)19-14(15)13-16(22)18(24)20(17(13)23)10-6-2-1-3-7-10/h1-9,22H. The molecule has 2 aliphatic rings. The lowest BCUT2D eigenvalue weighted by Crippen LogP contribution is -2.33. The lowest BCUT2D eigenvalue weighted by molar-refractivity contribution is -0.121. The van der Waals surface area contributed by atoms with Crippen molar-refractivity contribution in [1.29, 1.82) is 0 Å². The fourth-order valence-electron chi connectivity index (χ4n) is 2.77. The van der Waals surface area contributed by atoms with Crippen molar-refractivity contribution in [3.05, 3.63) is 71.5 Å². The second-order valence-corrected chi connectivity index (χ2v) is 5.31. The van der Waals surface area contributed by atoms with Gasteiger partial charge in [0.15, 0.2) is 5.76 Å². The predicted octanol–water partition coefficient (Wildman–Crippen LogP) is 2.34. The molecule has 24 heavy (non-hydrogen) atoms. The third-order valence-corrected chi connectivity index (χ3v) is 3.91. The summed E-state index contributed by atoms with van der Waals surface area (Å²) in [6.45, 7) is 0. The molecule has 6 nitrogen and oxygen atoms in total. The van der Waals surface area contributed by atoms with Gasteiger partial charge in [-0.05, 0) is 24.3 Å². The summed E-state index contributed by atoms with van der Waals surface area (Å²) in [6, 6.07) is 14.8. The van der Waals surface area contributed by atoms with Gasteiger partial charge in [-0.1, -0.05) is 30.3 Å². The maximum Gasteiger partial charge on any atom is 0.301 e. The number of nitrogens with zero attached hydrogens (tertiary/aromatic N) is 2. The van der Waals surface area contributed by atoms with Gasteiger partial charge >= 0.3 is 5.91 Å². The molecule has 2 heterocycles. The van der Waals surface area contributed by atoms with Crippen molar-refractivity contribution in [2.75, 3.05) is 4.90 Å². The molecule has 4 rings (SSSR count). The molecule has 0 spiro atoms. The summed E-state index contributed by atoms with van der Waals surface area (Å²) in [5.74, 6) is -2.87. The monoisotopic (exact) mass is 318 g/mol. The Hall–Kier alpha value is -3.54. The quantitative estimate of drug-likeness (QED) is 0.861. The molecule has 116 valence electrons. The van der Waals surface area contributed by atoms with E-state index in [2.05, 4.69) is 4.99 Å². The third kappa shape index (κ3) is 1.83. The number of hydrogen-bond donors (Lipinski definition) is 1. The normalized spacial score (nSPS) is 16.8. The van der Waals surface area contributed by atoms with Crippen LogP contribution in [0.3, 0.4) is 0 Å². The highest BCUT2D eigenvalue weighted by Gasteiger charge is 2.45. The molecule has 0 saturated heterocycles. The maximum atomic E-state index is 12.7. The molecular formula is C18H10N2O4. The third-order valence-electron chi connectivity index (χ3n) is 3.91. The number of ketones is 1. The van der Waals surface area contributed by atoms with Crippen LogP contribution < -0.4 is 4.90 Å². The van der Waals surface area contributed by atoms with Gasteiger partial charge in [-0.2, -0.15) is 0 Å². The van der Waals surface area contributed by atoms with Crippen LogP contribution >= 0.6 is 0 Å². The number of aliphatic hydroxyl groups excluding tert-OH is 1. The minimum absolute atomic E-state index is 0.203. The van der Waals surface area contributed by atoms with E-state index >= 15 is 0 Å². The Kier molecular flexibility index (Phi) is 2.93. The van der Waals surface area contributed by atoms with Crippen molar-refractivity contribution in [2.45, 2.75) is 0 Å². The Balaban J connectivity index is 1.79. The summed E-state index contributed by atoms with van der Waals surface area (Å²) in [7, 11) is 0. The molecule has 1 N–H and O–H groups in total. The largest absolute Gasteiger partial charge is 0.502 e. The van der Waals surface area contributed by atoms with Gasteiger partial charge in [0.25, 0.3) is 5.91 Å². The summed E-state index contributed by atoms with van der Waals surface area (Å²) in [5.41, 5.74) is 0.510. The van der Waals surface area contributed by atoms with Crippen LogP contribution in [0.2, 0.25) is 0 Å². The summed E-state index contributed by atoms with van der Waals surface area (Å²) in [4.78, 5) is 42.4. The zero-order valence-corrected chi connectivity index (χ0v) is 12.3. The highest BCUT2D eigenvalue weighted by Crippen LogP contribution is 2.33. The van der Waals surface area contributed by atoms with Crippen LogP contribution in [-0.2, 0) is 9.59 Å². The first-order valence-corrected chi connectivity index (χ1v) is 7.19. The van der Waals surface area contributed by atoms with Gasteiger partial charge in [0.05, 0.1) is 11.4 Å². The zero-order chi connectivity index (χ0) is 16.8. The van der Waals surface area contributed by atoms with Crippen LogP contribution in [0.1, 0.15) is 10.4 Å². The molecule has 0 bridgehead atoms. The van der Waals surface area contributed by atoms with E-state index in [4.69, 9.17) is 0 Å². The summed E-state index contributed by atoms with van der Waals surface area (Å²) in [5, 5.41) is 10.2. The average molecular weight is 318 g/mol. The van der Waals surface area contributed by atoms with E-state index in [-0.39, 0.29) is 11.3 Å². The second-order valence-electron chi connectivity index (χ2n) is 5.31. The molecule has 0 radical (unpaired) electrons. The topological polar surface area (TPSA) is 87.0 Å². The molecule has 0 aliphatic carbocycles. The number of aliphatic imine (C=N–C) groups is 1. The smallest absolute Gasteiger partial charge is 0.301 e. The minimum atomic E-state index is -0.868. The van der Waals surface area contributed by atoms with Gasteiger partial charge in [0.1, 0.15) is 11.3 Å². The SMILES string of the molecule is O=C1C(C2=C(O)C(=O)N(c3ccccc3)C2=O)=Nc2ccccc21. The Morgan fingerprint density at radius 2 is 1.50 bits per heavy atom. The molecule has 0 atom stereocenters. The van der Waals surface area contributed by atoms with E-state index in [0.29, 0.717) is 16.9 Å². The molecule has 2 aromatic carbocycles. The van der Waals surface area contributed by atoms with Crippen LogP contribution in [0.25, 0.3) is 0 Å². The van der Waals surface area contributed by atoms with Crippen molar-refractivity contribution in [1.82, 2.24) is 0 Å². The van der Waals surface area contributed by atoms with Crippen molar-refractivity contribution in [3.8, 4) is 0 Å². The molecule has 2 aromatic rings. The molecule has 0 aromatic heterocycles. The highest BCUT2D eigenvalue weighted by atomic mass is 16.3. The summed E-state index contributed by atoms with van der Waals surface area (Å²) < 4.78 is 0. The number of fused-ring (bicyclic) bond motifs is 1. The first kappa shape index (κ1) is 14.1. The van der Waals surface area contributed by atoms with E-state index in [0.717, 1.165) is 4.90 Å². The van der Waals surface area contributed by atoms with Crippen molar-refractivity contribution >= 4 is 34.7 Å². The Morgan fingerprint density at radius 1 is 0.833 bits per heavy atom. The molecule has 2 aliphatic heterocycles. The van der Waals surface area contributed by atoms with E-state index in [1.165, 1.54) is 0 Å². The van der Waals surface area contributed by atoms with Gasteiger partial charge in [-0.15, -0.1) is 0 Å². The average Bonchev–Trinajstić information content (AvgIpc) is 3.03. The Bertz CT molecular complexity index is 974. The van der Waals surface area contributed by atoms with Gasteiger partial charge in [-0.3, -0.25) is 14.4 Å². The number of benzene rings is 2. The number of amides is 2. The number of para-hydroxylation sites is 2. The Labute approximate surface area is 136 Å². The van der Waals surface area contributed by atoms with E-state index in [1.54, 1.807) is 54.6 Å². The van der Waals surface area contributed by atoms with E-state index in [9.17, 15) is 19.5 Å². The minimum Gasteiger partial charge on any atom is -0.502 e. The van der Waals surface area contributed by atoms with Crippen molar-refractivity contribution < 1.29 is 19.5 Å². The van der Waals surface area contributed by atoms with Crippen LogP contribution in [0, 0.1) is 0 Å². The zero-order valence-electron chi connectivity index (χ0n) is 12.3. The van der Waals surface area contributed by atoms with Crippen LogP contribution in [0.15, 0.2) is 70.9 Å². The number of carbonyl (C=O) groups excluding carboxylic acids is 3. The lowest BCUT2D eigenvalue weighted by atomic mass is 10.0. The number of carbonyl (C=O) groups is 3. The molecule has 0 unspecified atom stereocenters. The van der Waals surface area contributed by atoms with Gasteiger partial charge in [-0.25, -0.2) is 9.89 Å². The van der Waals surface area contributed by atoms with Gasteiger partial charge < -0.3 is 5.11 Å². The van der Waals surface area contributed by atoms with Gasteiger partial charge in [0, 0.05) is 5.56 Å². The number of hydrogen-bond acceptors (Lipinski definition) is 5. The van der Waals surface area contributed by atoms with Crippen molar-refractivity contribution in [3.63, 3.8) is 0 Å². The van der Waals surface area contributed by atoms with Crippen molar-refractivity contribution in [2.24, 2.45) is 4.99 Å². The molecule has 2 amide bonds. The van der Waals surface area contributed by atoms with Crippen LogP contribution in [0.5, 0.6) is 0 Å². The summed E-state index contributed by atoms with van der Waals surface area (Å²) in [6.07, 6.45) is 0. The maximum absolute atomic E-state index is 12.7. The first-order valence-electron chi connectivity index (χ1n) is 7.19. The fourth-order valence-corrected chi connectivity index (χ4v) is 2.77. The molecule has 0 fully saturated rings. The Morgan fingerprint density at radius 3 is 2.21 bits per heavy atom. The van der Waals surface area contributed by atoms with E-state index < -0.39 is 23.4 Å². The van der Waals surface area contributed by atoms with Gasteiger partial charge in [0.2, 0.25) is 5.78 Å². The summed E-state index contributed by atoms with van der Waals surface area (Å²) >= 11 is 0. The van der Waals surface area contributed by atoms with E-state index in [1.807, 2.05) is 0 Å². The lowest BCUT2D eigenvalue weighted by Gasteiger charge is -2.13. The fraction of sp³-hybridized carbons (Fsp3) is 0. The van der Waals surface area contributed by atoms with Crippen LogP contribution in [-0.4, -0.2) is 28.4 Å².